The Balaban J connectivity index is 2.32. The molecule has 0 amide bonds. The Hall–Kier alpha value is -1.90. The normalized spacial score (nSPS) is 10.4. The number of nitrogens with one attached hydrogen (secondary N) is 1. The van der Waals surface area contributed by atoms with Gasteiger partial charge in [0.05, 0.1) is 0 Å². The van der Waals surface area contributed by atoms with E-state index in [1.165, 1.54) is 5.56 Å². The standard InChI is InChI=1S/C15H19N3/c1-4-9-16-14-10-12(3)17-15(18-14)13-7-5-11(2)6-8-13/h5-8,10H,4,9H2,1-3H3,(H,16,17,18). The Bertz CT molecular complexity index is 518. The van der Waals surface area contributed by atoms with Gasteiger partial charge in [0.1, 0.15) is 5.82 Å². The monoisotopic (exact) mass is 241 g/mol. The summed E-state index contributed by atoms with van der Waals surface area (Å²) in [6.07, 6.45) is 1.09. The Morgan fingerprint density at radius 3 is 2.44 bits per heavy atom. The summed E-state index contributed by atoms with van der Waals surface area (Å²) in [5, 5.41) is 3.31. The fourth-order valence-corrected chi connectivity index (χ4v) is 1.74. The summed E-state index contributed by atoms with van der Waals surface area (Å²) < 4.78 is 0. The van der Waals surface area contributed by atoms with Crippen LogP contribution in [0.2, 0.25) is 0 Å². The van der Waals surface area contributed by atoms with E-state index in [1.807, 2.05) is 13.0 Å². The first-order valence-corrected chi connectivity index (χ1v) is 6.35. The predicted molar refractivity (Wildman–Crippen MR) is 75.7 cm³/mol. The fraction of sp³-hybridized carbons (Fsp3) is 0.333. The van der Waals surface area contributed by atoms with Gasteiger partial charge in [-0.2, -0.15) is 0 Å². The molecule has 0 aliphatic heterocycles. The summed E-state index contributed by atoms with van der Waals surface area (Å²) in [6.45, 7) is 7.15. The molecule has 2 rings (SSSR count). The molecular formula is C15H19N3. The van der Waals surface area contributed by atoms with Gasteiger partial charge in [-0.05, 0) is 20.3 Å². The molecule has 0 aliphatic rings. The van der Waals surface area contributed by atoms with Crippen molar-refractivity contribution in [1.29, 1.82) is 0 Å². The van der Waals surface area contributed by atoms with Gasteiger partial charge >= 0.3 is 0 Å². The van der Waals surface area contributed by atoms with E-state index >= 15 is 0 Å². The average Bonchev–Trinajstić information content (AvgIpc) is 2.36. The molecule has 0 fully saturated rings. The highest BCUT2D eigenvalue weighted by atomic mass is 15.0. The Morgan fingerprint density at radius 1 is 1.06 bits per heavy atom. The molecule has 0 saturated carbocycles. The van der Waals surface area contributed by atoms with E-state index in [9.17, 15) is 0 Å². The maximum absolute atomic E-state index is 4.55. The summed E-state index contributed by atoms with van der Waals surface area (Å²) >= 11 is 0. The number of aryl methyl sites for hydroxylation is 2. The van der Waals surface area contributed by atoms with Crippen molar-refractivity contribution in [2.45, 2.75) is 27.2 Å². The van der Waals surface area contributed by atoms with Crippen LogP contribution in [0.5, 0.6) is 0 Å². The van der Waals surface area contributed by atoms with E-state index in [4.69, 9.17) is 0 Å². The van der Waals surface area contributed by atoms with Crippen LogP contribution in [0.15, 0.2) is 30.3 Å². The molecule has 18 heavy (non-hydrogen) atoms. The first-order chi connectivity index (χ1) is 8.69. The second-order valence-electron chi connectivity index (χ2n) is 4.51. The van der Waals surface area contributed by atoms with Crippen LogP contribution >= 0.6 is 0 Å². The summed E-state index contributed by atoms with van der Waals surface area (Å²) in [7, 11) is 0. The van der Waals surface area contributed by atoms with Crippen molar-refractivity contribution in [1.82, 2.24) is 9.97 Å². The van der Waals surface area contributed by atoms with Gasteiger partial charge in [0.15, 0.2) is 5.82 Å². The quantitative estimate of drug-likeness (QED) is 0.889. The number of hydrogen-bond acceptors (Lipinski definition) is 3. The maximum atomic E-state index is 4.55. The number of aromatic nitrogens is 2. The van der Waals surface area contributed by atoms with Gasteiger partial charge in [-0.15, -0.1) is 0 Å². The zero-order valence-electron chi connectivity index (χ0n) is 11.2. The van der Waals surface area contributed by atoms with Crippen LogP contribution in [0.4, 0.5) is 5.82 Å². The molecule has 0 bridgehead atoms. The first-order valence-electron chi connectivity index (χ1n) is 6.35. The zero-order chi connectivity index (χ0) is 13.0. The summed E-state index contributed by atoms with van der Waals surface area (Å²) in [6, 6.07) is 10.3. The molecule has 1 aromatic heterocycles. The van der Waals surface area contributed by atoms with Crippen LogP contribution in [-0.2, 0) is 0 Å². The molecule has 0 spiro atoms. The Morgan fingerprint density at radius 2 is 1.78 bits per heavy atom. The summed E-state index contributed by atoms with van der Waals surface area (Å²) in [4.78, 5) is 9.04. The van der Waals surface area contributed by atoms with Gasteiger partial charge in [-0.25, -0.2) is 9.97 Å². The third-order valence-electron chi connectivity index (χ3n) is 2.72. The van der Waals surface area contributed by atoms with Crippen molar-refractivity contribution in [3.8, 4) is 11.4 Å². The predicted octanol–water partition coefficient (Wildman–Crippen LogP) is 3.58. The van der Waals surface area contributed by atoms with Gasteiger partial charge in [0, 0.05) is 23.9 Å². The van der Waals surface area contributed by atoms with Gasteiger partial charge < -0.3 is 5.32 Å². The SMILES string of the molecule is CCCNc1cc(C)nc(-c2ccc(C)cc2)n1. The second-order valence-corrected chi connectivity index (χ2v) is 4.51. The third kappa shape index (κ3) is 3.06. The number of rotatable bonds is 4. The third-order valence-corrected chi connectivity index (χ3v) is 2.72. The summed E-state index contributed by atoms with van der Waals surface area (Å²) in [5.41, 5.74) is 3.29. The van der Waals surface area contributed by atoms with Gasteiger partial charge in [-0.3, -0.25) is 0 Å². The highest BCUT2D eigenvalue weighted by Crippen LogP contribution is 2.18. The van der Waals surface area contributed by atoms with E-state index in [0.717, 1.165) is 35.9 Å². The second kappa shape index (κ2) is 5.63. The van der Waals surface area contributed by atoms with Gasteiger partial charge in [0.2, 0.25) is 0 Å². The molecule has 0 unspecified atom stereocenters. The number of nitrogens with zero attached hydrogens (tertiary/aromatic N) is 2. The highest BCUT2D eigenvalue weighted by Gasteiger charge is 2.04. The van der Waals surface area contributed by atoms with Crippen molar-refractivity contribution in [2.24, 2.45) is 0 Å². The van der Waals surface area contributed by atoms with Crippen LogP contribution in [0.3, 0.4) is 0 Å². The van der Waals surface area contributed by atoms with Crippen molar-refractivity contribution < 1.29 is 0 Å². The minimum absolute atomic E-state index is 0.786. The lowest BCUT2D eigenvalue weighted by Crippen LogP contribution is -2.04. The van der Waals surface area contributed by atoms with Crippen LogP contribution in [-0.4, -0.2) is 16.5 Å². The smallest absolute Gasteiger partial charge is 0.161 e. The minimum Gasteiger partial charge on any atom is -0.370 e. The first kappa shape index (κ1) is 12.6. The number of hydrogen-bond donors (Lipinski definition) is 1. The lowest BCUT2D eigenvalue weighted by Gasteiger charge is -2.08. The molecule has 3 nitrogen and oxygen atoms in total. The Kier molecular flexibility index (Phi) is 3.92. The fourth-order valence-electron chi connectivity index (χ4n) is 1.74. The number of anilines is 1. The molecule has 3 heteroatoms. The molecule has 0 aliphatic carbocycles. The van der Waals surface area contributed by atoms with E-state index in [0.29, 0.717) is 0 Å². The molecule has 1 N–H and O–H groups in total. The van der Waals surface area contributed by atoms with Crippen molar-refractivity contribution in [3.05, 3.63) is 41.6 Å². The minimum atomic E-state index is 0.786. The van der Waals surface area contributed by atoms with Crippen LogP contribution < -0.4 is 5.32 Å². The lowest BCUT2D eigenvalue weighted by molar-refractivity contribution is 0.962. The molecule has 94 valence electrons. The zero-order valence-corrected chi connectivity index (χ0v) is 11.2. The maximum Gasteiger partial charge on any atom is 0.161 e. The van der Waals surface area contributed by atoms with Crippen molar-refractivity contribution in [3.63, 3.8) is 0 Å². The van der Waals surface area contributed by atoms with E-state index in [1.54, 1.807) is 0 Å². The van der Waals surface area contributed by atoms with Crippen molar-refractivity contribution in [2.75, 3.05) is 11.9 Å². The van der Waals surface area contributed by atoms with Crippen LogP contribution in [0.25, 0.3) is 11.4 Å². The highest BCUT2D eigenvalue weighted by molar-refractivity contribution is 5.58. The molecular weight excluding hydrogens is 222 g/mol. The van der Waals surface area contributed by atoms with E-state index < -0.39 is 0 Å². The lowest BCUT2D eigenvalue weighted by atomic mass is 10.1. The topological polar surface area (TPSA) is 37.8 Å². The van der Waals surface area contributed by atoms with Gasteiger partial charge in [0.25, 0.3) is 0 Å². The van der Waals surface area contributed by atoms with Crippen LogP contribution in [0.1, 0.15) is 24.6 Å². The molecule has 2 aromatic rings. The average molecular weight is 241 g/mol. The molecule has 0 atom stereocenters. The van der Waals surface area contributed by atoms with E-state index in [-0.39, 0.29) is 0 Å². The summed E-state index contributed by atoms with van der Waals surface area (Å²) in [5.74, 6) is 1.69. The Labute approximate surface area is 108 Å². The molecule has 0 radical (unpaired) electrons. The van der Waals surface area contributed by atoms with Crippen LogP contribution in [0, 0.1) is 13.8 Å². The largest absolute Gasteiger partial charge is 0.370 e. The molecule has 0 saturated heterocycles. The molecule has 1 heterocycles. The number of benzene rings is 1. The van der Waals surface area contributed by atoms with Gasteiger partial charge in [-0.1, -0.05) is 36.8 Å². The molecule has 1 aromatic carbocycles. The van der Waals surface area contributed by atoms with E-state index in [2.05, 4.69) is 53.4 Å². The van der Waals surface area contributed by atoms with Crippen molar-refractivity contribution >= 4 is 5.82 Å².